The highest BCUT2D eigenvalue weighted by atomic mass is 35.5. The minimum absolute atomic E-state index is 0.00575. The molecule has 3 heterocycles. The summed E-state index contributed by atoms with van der Waals surface area (Å²) in [5, 5.41) is 6.33. The first-order chi connectivity index (χ1) is 18.8. The molecule has 2 N–H and O–H groups in total. The lowest BCUT2D eigenvalue weighted by atomic mass is 10.1. The standard InChI is InChI=1S/C26H23ClF2N6O4/c1-38-20-6-5-16(21(28)22(20)29)19-12-32-24-23(31-8-10-35(19)24)33-14-3-4-15(17(27)11-14)25(36)34-9-7-30-18(13-34)26(37)39-2/h3-6,8,10-12,18,30H,7,9,13H2,1-2H3,(H,31,33). The number of nitrogens with one attached hydrogen (secondary N) is 2. The Morgan fingerprint density at radius 1 is 1.15 bits per heavy atom. The molecule has 0 bridgehead atoms. The molecule has 1 unspecified atom stereocenters. The number of ether oxygens (including phenoxy) is 2. The molecule has 0 saturated carbocycles. The van der Waals surface area contributed by atoms with E-state index in [0.717, 1.165) is 0 Å². The summed E-state index contributed by atoms with van der Waals surface area (Å²) < 4.78 is 40.3. The van der Waals surface area contributed by atoms with E-state index in [2.05, 4.69) is 20.6 Å². The second kappa shape index (κ2) is 10.8. The normalized spacial score (nSPS) is 15.3. The molecule has 0 radical (unpaired) electrons. The van der Waals surface area contributed by atoms with Crippen molar-refractivity contribution in [1.29, 1.82) is 0 Å². The van der Waals surface area contributed by atoms with Crippen LogP contribution in [-0.4, -0.2) is 71.0 Å². The molecule has 202 valence electrons. The molecule has 1 amide bonds. The smallest absolute Gasteiger partial charge is 0.324 e. The van der Waals surface area contributed by atoms with E-state index in [4.69, 9.17) is 21.1 Å². The highest BCUT2D eigenvalue weighted by Gasteiger charge is 2.30. The molecule has 39 heavy (non-hydrogen) atoms. The summed E-state index contributed by atoms with van der Waals surface area (Å²) in [5.74, 6) is -2.78. The van der Waals surface area contributed by atoms with Gasteiger partial charge in [0.2, 0.25) is 5.82 Å². The minimum Gasteiger partial charge on any atom is -0.494 e. The number of imidazole rings is 1. The first kappa shape index (κ1) is 26.3. The van der Waals surface area contributed by atoms with E-state index in [9.17, 15) is 18.4 Å². The van der Waals surface area contributed by atoms with Gasteiger partial charge in [-0.3, -0.25) is 14.0 Å². The predicted octanol–water partition coefficient (Wildman–Crippen LogP) is 3.67. The van der Waals surface area contributed by atoms with Crippen molar-refractivity contribution in [3.8, 4) is 17.0 Å². The van der Waals surface area contributed by atoms with Crippen LogP contribution in [0.15, 0.2) is 48.9 Å². The third-order valence-electron chi connectivity index (χ3n) is 6.38. The van der Waals surface area contributed by atoms with Crippen molar-refractivity contribution >= 4 is 40.6 Å². The van der Waals surface area contributed by atoms with Crippen LogP contribution in [0.2, 0.25) is 5.02 Å². The fraction of sp³-hybridized carbons (Fsp3) is 0.231. The fourth-order valence-corrected chi connectivity index (χ4v) is 4.66. The van der Waals surface area contributed by atoms with Crippen molar-refractivity contribution in [1.82, 2.24) is 24.6 Å². The van der Waals surface area contributed by atoms with E-state index < -0.39 is 23.6 Å². The number of piperazine rings is 1. The Morgan fingerprint density at radius 3 is 2.72 bits per heavy atom. The molecule has 4 aromatic rings. The van der Waals surface area contributed by atoms with Gasteiger partial charge in [0.15, 0.2) is 23.0 Å². The summed E-state index contributed by atoms with van der Waals surface area (Å²) >= 11 is 6.47. The maximum Gasteiger partial charge on any atom is 0.324 e. The van der Waals surface area contributed by atoms with Gasteiger partial charge in [-0.1, -0.05) is 11.6 Å². The lowest BCUT2D eigenvalue weighted by Crippen LogP contribution is -2.56. The van der Waals surface area contributed by atoms with Gasteiger partial charge in [-0.2, -0.15) is 4.39 Å². The van der Waals surface area contributed by atoms with Gasteiger partial charge in [0.05, 0.1) is 36.7 Å². The molecule has 0 spiro atoms. The minimum atomic E-state index is -1.09. The molecule has 1 fully saturated rings. The van der Waals surface area contributed by atoms with E-state index in [0.29, 0.717) is 35.9 Å². The summed E-state index contributed by atoms with van der Waals surface area (Å²) in [5.41, 5.74) is 1.48. The first-order valence-electron chi connectivity index (χ1n) is 11.8. The van der Waals surface area contributed by atoms with Gasteiger partial charge < -0.3 is 25.0 Å². The summed E-state index contributed by atoms with van der Waals surface area (Å²) in [7, 11) is 2.56. The topological polar surface area (TPSA) is 110 Å². The predicted molar refractivity (Wildman–Crippen MR) is 139 cm³/mol. The van der Waals surface area contributed by atoms with E-state index in [1.165, 1.54) is 38.7 Å². The number of hydrogen-bond acceptors (Lipinski definition) is 8. The third kappa shape index (κ3) is 4.95. The second-order valence-corrected chi connectivity index (χ2v) is 9.06. The van der Waals surface area contributed by atoms with Crippen LogP contribution in [-0.2, 0) is 9.53 Å². The number of amides is 1. The van der Waals surface area contributed by atoms with Crippen molar-refractivity contribution < 1.29 is 27.8 Å². The lowest BCUT2D eigenvalue weighted by Gasteiger charge is -2.32. The monoisotopic (exact) mass is 556 g/mol. The molecule has 0 aliphatic carbocycles. The highest BCUT2D eigenvalue weighted by molar-refractivity contribution is 6.34. The molecule has 2 aromatic heterocycles. The highest BCUT2D eigenvalue weighted by Crippen LogP contribution is 2.32. The van der Waals surface area contributed by atoms with Gasteiger partial charge in [0.25, 0.3) is 5.91 Å². The van der Waals surface area contributed by atoms with Crippen LogP contribution in [0.25, 0.3) is 16.9 Å². The van der Waals surface area contributed by atoms with Crippen molar-refractivity contribution in [3.05, 3.63) is 71.1 Å². The van der Waals surface area contributed by atoms with Gasteiger partial charge in [0, 0.05) is 43.3 Å². The zero-order valence-corrected chi connectivity index (χ0v) is 21.6. The van der Waals surface area contributed by atoms with Crippen LogP contribution >= 0.6 is 11.6 Å². The Hall–Kier alpha value is -4.29. The number of anilines is 2. The Balaban J connectivity index is 1.39. The van der Waals surface area contributed by atoms with Gasteiger partial charge in [-0.05, 0) is 30.3 Å². The van der Waals surface area contributed by atoms with Crippen molar-refractivity contribution in [2.45, 2.75) is 6.04 Å². The number of nitrogens with zero attached hydrogens (tertiary/aromatic N) is 4. The number of carbonyl (C=O) groups excluding carboxylic acids is 2. The number of esters is 1. The summed E-state index contributed by atoms with van der Waals surface area (Å²) in [6, 6.07) is 6.95. The zero-order chi connectivity index (χ0) is 27.7. The molecular formula is C26H23ClF2N6O4. The van der Waals surface area contributed by atoms with Crippen molar-refractivity contribution in [2.75, 3.05) is 39.2 Å². The van der Waals surface area contributed by atoms with Gasteiger partial charge in [-0.15, -0.1) is 0 Å². The molecule has 1 aliphatic heterocycles. The average molecular weight is 557 g/mol. The quantitative estimate of drug-likeness (QED) is 0.346. The third-order valence-corrected chi connectivity index (χ3v) is 6.69. The number of methoxy groups -OCH3 is 2. The average Bonchev–Trinajstić information content (AvgIpc) is 3.39. The molecular weight excluding hydrogens is 534 g/mol. The Morgan fingerprint density at radius 2 is 1.97 bits per heavy atom. The van der Waals surface area contributed by atoms with Crippen LogP contribution in [0.3, 0.4) is 0 Å². The van der Waals surface area contributed by atoms with E-state index in [-0.39, 0.29) is 34.4 Å². The number of hydrogen-bond donors (Lipinski definition) is 2. The molecule has 13 heteroatoms. The molecule has 5 rings (SSSR count). The summed E-state index contributed by atoms with van der Waals surface area (Å²) in [4.78, 5) is 35.2. The molecule has 1 atom stereocenters. The van der Waals surface area contributed by atoms with Crippen molar-refractivity contribution in [3.63, 3.8) is 0 Å². The zero-order valence-electron chi connectivity index (χ0n) is 20.9. The Bertz CT molecular complexity index is 1580. The van der Waals surface area contributed by atoms with Crippen LogP contribution < -0.4 is 15.4 Å². The fourth-order valence-electron chi connectivity index (χ4n) is 4.40. The van der Waals surface area contributed by atoms with Crippen LogP contribution in [0.4, 0.5) is 20.3 Å². The van der Waals surface area contributed by atoms with Gasteiger partial charge in [-0.25, -0.2) is 14.4 Å². The molecule has 1 saturated heterocycles. The van der Waals surface area contributed by atoms with Crippen molar-refractivity contribution in [2.24, 2.45) is 0 Å². The van der Waals surface area contributed by atoms with Gasteiger partial charge in [0.1, 0.15) is 6.04 Å². The number of rotatable bonds is 6. The Kier molecular flexibility index (Phi) is 7.31. The largest absolute Gasteiger partial charge is 0.494 e. The summed E-state index contributed by atoms with van der Waals surface area (Å²) in [6.45, 7) is 1.02. The molecule has 1 aliphatic rings. The molecule has 2 aromatic carbocycles. The van der Waals surface area contributed by atoms with E-state index >= 15 is 0 Å². The Labute approximate surface area is 226 Å². The summed E-state index contributed by atoms with van der Waals surface area (Å²) in [6.07, 6.45) is 4.48. The maximum absolute atomic E-state index is 14.7. The number of aromatic nitrogens is 3. The maximum atomic E-state index is 14.7. The lowest BCUT2D eigenvalue weighted by molar-refractivity contribution is -0.144. The number of carbonyl (C=O) groups is 2. The van der Waals surface area contributed by atoms with Crippen LogP contribution in [0.1, 0.15) is 10.4 Å². The number of benzene rings is 2. The van der Waals surface area contributed by atoms with Crippen LogP contribution in [0.5, 0.6) is 5.75 Å². The molecule has 10 nitrogen and oxygen atoms in total. The number of fused-ring (bicyclic) bond motifs is 1. The first-order valence-corrected chi connectivity index (χ1v) is 12.2. The van der Waals surface area contributed by atoms with E-state index in [1.807, 2.05) is 0 Å². The van der Waals surface area contributed by atoms with Crippen LogP contribution in [0, 0.1) is 11.6 Å². The second-order valence-electron chi connectivity index (χ2n) is 8.66. The SMILES string of the molecule is COC(=O)C1CN(C(=O)c2ccc(Nc3nccn4c(-c5ccc(OC)c(F)c5F)cnc34)cc2Cl)CCN1. The van der Waals surface area contributed by atoms with E-state index in [1.54, 1.807) is 33.7 Å². The number of halogens is 3. The van der Waals surface area contributed by atoms with Gasteiger partial charge >= 0.3 is 5.97 Å².